The highest BCUT2D eigenvalue weighted by atomic mass is 19.1. The van der Waals surface area contributed by atoms with Crippen molar-refractivity contribution in [1.29, 1.82) is 0 Å². The van der Waals surface area contributed by atoms with Crippen LogP contribution < -0.4 is 0 Å². The van der Waals surface area contributed by atoms with Gasteiger partial charge < -0.3 is 0 Å². The van der Waals surface area contributed by atoms with Gasteiger partial charge in [0, 0.05) is 0 Å². The number of hydrogen-bond acceptors (Lipinski definition) is 0. The Morgan fingerprint density at radius 1 is 1.05 bits per heavy atom. The molecule has 0 atom stereocenters. The van der Waals surface area contributed by atoms with E-state index in [0.717, 1.165) is 24.3 Å². The van der Waals surface area contributed by atoms with Gasteiger partial charge >= 0.3 is 0 Å². The summed E-state index contributed by atoms with van der Waals surface area (Å²) < 4.78 is 14.0. The van der Waals surface area contributed by atoms with E-state index >= 15 is 0 Å². The highest BCUT2D eigenvalue weighted by molar-refractivity contribution is 5.27. The van der Waals surface area contributed by atoms with Gasteiger partial charge in [0.15, 0.2) is 0 Å². The first-order chi connectivity index (χ1) is 9.24. The van der Waals surface area contributed by atoms with E-state index in [0.29, 0.717) is 5.92 Å². The predicted octanol–water partition coefficient (Wildman–Crippen LogP) is 5.85. The van der Waals surface area contributed by atoms with E-state index in [4.69, 9.17) is 0 Å². The van der Waals surface area contributed by atoms with Crippen molar-refractivity contribution in [1.82, 2.24) is 0 Å². The summed E-state index contributed by atoms with van der Waals surface area (Å²) in [4.78, 5) is 0. The maximum Gasteiger partial charge on any atom is 0.126 e. The van der Waals surface area contributed by atoms with Gasteiger partial charge in [0.05, 0.1) is 0 Å². The second-order valence-electron chi connectivity index (χ2n) is 6.11. The van der Waals surface area contributed by atoms with Crippen molar-refractivity contribution in [2.45, 2.75) is 71.1 Å². The molecule has 0 radical (unpaired) electrons. The number of halogens is 1. The Hall–Kier alpha value is -0.850. The van der Waals surface area contributed by atoms with E-state index < -0.39 is 0 Å². The molecular weight excluding hydrogens is 235 g/mol. The number of aryl methyl sites for hydroxylation is 1. The van der Waals surface area contributed by atoms with Gasteiger partial charge in [0.1, 0.15) is 5.82 Å². The second-order valence-corrected chi connectivity index (χ2v) is 6.11. The van der Waals surface area contributed by atoms with Gasteiger partial charge in [-0.25, -0.2) is 4.39 Å². The van der Waals surface area contributed by atoms with Crippen LogP contribution in [0.4, 0.5) is 4.39 Å². The van der Waals surface area contributed by atoms with Crippen LogP contribution in [0, 0.1) is 11.7 Å². The second kappa shape index (κ2) is 7.07. The minimum Gasteiger partial charge on any atom is -0.207 e. The first kappa shape index (κ1) is 14.6. The normalized spacial score (nSPS) is 23.5. The maximum absolute atomic E-state index is 14.0. The predicted molar refractivity (Wildman–Crippen MR) is 80.0 cm³/mol. The molecule has 19 heavy (non-hydrogen) atoms. The van der Waals surface area contributed by atoms with Crippen molar-refractivity contribution in [2.24, 2.45) is 5.92 Å². The van der Waals surface area contributed by atoms with Crippen molar-refractivity contribution in [2.75, 3.05) is 0 Å². The van der Waals surface area contributed by atoms with Gasteiger partial charge in [-0.2, -0.15) is 0 Å². The number of hydrogen-bond donors (Lipinski definition) is 0. The third-order valence-electron chi connectivity index (χ3n) is 4.61. The summed E-state index contributed by atoms with van der Waals surface area (Å²) in [5, 5.41) is 0. The molecule has 0 bridgehead atoms. The molecule has 0 heterocycles. The topological polar surface area (TPSA) is 0 Å². The molecule has 0 nitrogen and oxygen atoms in total. The van der Waals surface area contributed by atoms with Crippen LogP contribution in [0.1, 0.15) is 75.8 Å². The van der Waals surface area contributed by atoms with E-state index in [1.807, 2.05) is 6.07 Å². The first-order valence-corrected chi connectivity index (χ1v) is 8.02. The zero-order valence-electron chi connectivity index (χ0n) is 12.4. The molecule has 0 saturated heterocycles. The number of rotatable bonds is 5. The molecule has 2 rings (SSSR count). The molecule has 106 valence electrons. The fourth-order valence-corrected chi connectivity index (χ4v) is 3.48. The van der Waals surface area contributed by atoms with Gasteiger partial charge in [0.25, 0.3) is 0 Å². The zero-order chi connectivity index (χ0) is 13.7. The lowest BCUT2D eigenvalue weighted by molar-refractivity contribution is 0.308. The van der Waals surface area contributed by atoms with Gasteiger partial charge in [-0.3, -0.25) is 0 Å². The van der Waals surface area contributed by atoms with Gasteiger partial charge in [-0.05, 0) is 61.1 Å². The molecule has 1 aliphatic carbocycles. The van der Waals surface area contributed by atoms with Crippen LogP contribution in [0.2, 0.25) is 0 Å². The van der Waals surface area contributed by atoms with Crippen LogP contribution in [0.25, 0.3) is 0 Å². The minimum absolute atomic E-state index is 0.00929. The van der Waals surface area contributed by atoms with Crippen LogP contribution in [0.5, 0.6) is 0 Å². The van der Waals surface area contributed by atoms with Crippen LogP contribution in [-0.2, 0) is 6.42 Å². The van der Waals surface area contributed by atoms with E-state index in [1.54, 1.807) is 6.07 Å². The lowest BCUT2D eigenvalue weighted by atomic mass is 9.77. The van der Waals surface area contributed by atoms with Gasteiger partial charge in [-0.15, -0.1) is 0 Å². The molecule has 0 N–H and O–H groups in total. The SMILES string of the molecule is CCCc1ccc(C2CCC(CCC)CC2)cc1F. The van der Waals surface area contributed by atoms with Crippen molar-refractivity contribution in [3.8, 4) is 0 Å². The molecule has 0 unspecified atom stereocenters. The Morgan fingerprint density at radius 3 is 2.37 bits per heavy atom. The van der Waals surface area contributed by atoms with E-state index in [-0.39, 0.29) is 5.82 Å². The zero-order valence-corrected chi connectivity index (χ0v) is 12.4. The summed E-state index contributed by atoms with van der Waals surface area (Å²) in [7, 11) is 0. The Bertz CT molecular complexity index is 389. The molecule has 0 spiro atoms. The van der Waals surface area contributed by atoms with Crippen LogP contribution >= 0.6 is 0 Å². The summed E-state index contributed by atoms with van der Waals surface area (Å²) in [6, 6.07) is 5.97. The Kier molecular flexibility index (Phi) is 5.42. The summed E-state index contributed by atoms with van der Waals surface area (Å²) in [6.45, 7) is 4.37. The lowest BCUT2D eigenvalue weighted by Gasteiger charge is -2.28. The molecule has 0 aliphatic heterocycles. The van der Waals surface area contributed by atoms with Crippen molar-refractivity contribution < 1.29 is 4.39 Å². The standard InChI is InChI=1S/C18H27F/c1-3-5-14-7-9-15(10-8-14)17-12-11-16(6-4-2)18(19)13-17/h11-15H,3-10H2,1-2H3. The van der Waals surface area contributed by atoms with Crippen molar-refractivity contribution in [3.05, 3.63) is 35.1 Å². The Labute approximate surface area is 117 Å². The molecule has 0 amide bonds. The summed E-state index contributed by atoms with van der Waals surface area (Å²) in [6.07, 6.45) is 9.70. The van der Waals surface area contributed by atoms with E-state index in [2.05, 4.69) is 19.9 Å². The third kappa shape index (κ3) is 3.81. The average Bonchev–Trinajstić information content (AvgIpc) is 2.43. The van der Waals surface area contributed by atoms with Gasteiger partial charge in [0.2, 0.25) is 0 Å². The molecule has 1 saturated carbocycles. The van der Waals surface area contributed by atoms with Crippen LogP contribution in [-0.4, -0.2) is 0 Å². The minimum atomic E-state index is 0.00929. The quantitative estimate of drug-likeness (QED) is 0.624. The smallest absolute Gasteiger partial charge is 0.126 e. The van der Waals surface area contributed by atoms with Gasteiger partial charge in [-0.1, -0.05) is 45.2 Å². The number of benzene rings is 1. The van der Waals surface area contributed by atoms with Crippen LogP contribution in [0.15, 0.2) is 18.2 Å². The highest BCUT2D eigenvalue weighted by Gasteiger charge is 2.22. The lowest BCUT2D eigenvalue weighted by Crippen LogP contribution is -2.13. The third-order valence-corrected chi connectivity index (χ3v) is 4.61. The maximum atomic E-state index is 14.0. The molecule has 1 aliphatic rings. The fourth-order valence-electron chi connectivity index (χ4n) is 3.48. The molecular formula is C18H27F. The van der Waals surface area contributed by atoms with Crippen molar-refractivity contribution in [3.63, 3.8) is 0 Å². The molecule has 1 heteroatoms. The fraction of sp³-hybridized carbons (Fsp3) is 0.667. The summed E-state index contributed by atoms with van der Waals surface area (Å²) >= 11 is 0. The molecule has 1 aromatic rings. The summed E-state index contributed by atoms with van der Waals surface area (Å²) in [5.74, 6) is 1.53. The molecule has 1 fully saturated rings. The van der Waals surface area contributed by atoms with E-state index in [1.165, 1.54) is 44.1 Å². The summed E-state index contributed by atoms with van der Waals surface area (Å²) in [5.41, 5.74) is 2.11. The Balaban J connectivity index is 1.97. The Morgan fingerprint density at radius 2 is 1.79 bits per heavy atom. The van der Waals surface area contributed by atoms with Crippen LogP contribution in [0.3, 0.4) is 0 Å². The average molecular weight is 262 g/mol. The molecule has 1 aromatic carbocycles. The van der Waals surface area contributed by atoms with Crippen molar-refractivity contribution >= 4 is 0 Å². The molecule has 0 aromatic heterocycles. The monoisotopic (exact) mass is 262 g/mol. The first-order valence-electron chi connectivity index (χ1n) is 8.02. The largest absolute Gasteiger partial charge is 0.207 e. The highest BCUT2D eigenvalue weighted by Crippen LogP contribution is 2.37. The van der Waals surface area contributed by atoms with E-state index in [9.17, 15) is 4.39 Å².